The smallest absolute Gasteiger partial charge is 0.317 e. The summed E-state index contributed by atoms with van der Waals surface area (Å²) in [5, 5.41) is 8.80. The van der Waals surface area contributed by atoms with Gasteiger partial charge in [0.2, 0.25) is 0 Å². The summed E-state index contributed by atoms with van der Waals surface area (Å²) < 4.78 is 0. The molecule has 0 rings (SSSR count). The molecule has 0 radical (unpaired) electrons. The lowest BCUT2D eigenvalue weighted by Crippen LogP contribution is -2.36. The number of rotatable bonds is 8. The first-order chi connectivity index (χ1) is 6.95. The van der Waals surface area contributed by atoms with Crippen molar-refractivity contribution in [3.8, 4) is 0 Å². The fourth-order valence-electron chi connectivity index (χ4n) is 1.94. The first-order valence-electron chi connectivity index (χ1n) is 5.89. The van der Waals surface area contributed by atoms with E-state index in [9.17, 15) is 4.79 Å². The highest BCUT2D eigenvalue weighted by Gasteiger charge is 2.14. The second kappa shape index (κ2) is 7.69. The second-order valence-electron chi connectivity index (χ2n) is 4.88. The van der Waals surface area contributed by atoms with Crippen molar-refractivity contribution >= 4 is 5.97 Å². The minimum atomic E-state index is -0.723. The van der Waals surface area contributed by atoms with E-state index in [4.69, 9.17) is 5.11 Å². The van der Waals surface area contributed by atoms with Crippen LogP contribution >= 0.6 is 0 Å². The molecule has 90 valence electrons. The number of aliphatic carboxylic acids is 1. The predicted molar refractivity (Wildman–Crippen MR) is 63.0 cm³/mol. The fourth-order valence-corrected chi connectivity index (χ4v) is 1.94. The van der Waals surface area contributed by atoms with Crippen LogP contribution in [-0.2, 0) is 4.79 Å². The molecule has 0 heterocycles. The number of carboxylic acids is 1. The van der Waals surface area contributed by atoms with Crippen molar-refractivity contribution in [2.24, 2.45) is 11.8 Å². The number of nitrogens with zero attached hydrogens (tertiary/aromatic N) is 1. The summed E-state index contributed by atoms with van der Waals surface area (Å²) in [5.41, 5.74) is 0. The van der Waals surface area contributed by atoms with E-state index in [1.54, 1.807) is 0 Å². The quantitative estimate of drug-likeness (QED) is 0.676. The highest BCUT2D eigenvalue weighted by atomic mass is 16.4. The second-order valence-corrected chi connectivity index (χ2v) is 4.88. The van der Waals surface area contributed by atoms with Gasteiger partial charge < -0.3 is 5.11 Å². The Hall–Kier alpha value is -0.570. The molecule has 3 nitrogen and oxygen atoms in total. The van der Waals surface area contributed by atoms with E-state index in [0.29, 0.717) is 11.8 Å². The molecular weight excluding hydrogens is 190 g/mol. The average Bonchev–Trinajstić information content (AvgIpc) is 2.00. The highest BCUT2D eigenvalue weighted by Crippen LogP contribution is 2.09. The van der Waals surface area contributed by atoms with Crippen molar-refractivity contribution in [1.82, 2.24) is 4.90 Å². The van der Waals surface area contributed by atoms with Crippen LogP contribution in [0.25, 0.3) is 0 Å². The number of hydrogen-bond acceptors (Lipinski definition) is 2. The van der Waals surface area contributed by atoms with Crippen LogP contribution in [0.1, 0.15) is 40.5 Å². The van der Waals surface area contributed by atoms with Gasteiger partial charge in [-0.1, -0.05) is 34.1 Å². The molecule has 1 N–H and O–H groups in total. The molecule has 1 atom stereocenters. The van der Waals surface area contributed by atoms with Crippen LogP contribution in [0, 0.1) is 11.8 Å². The lowest BCUT2D eigenvalue weighted by molar-refractivity contribution is -0.138. The Morgan fingerprint density at radius 1 is 1.27 bits per heavy atom. The SMILES string of the molecule is CCCC(C)CN(CC(=O)O)CC(C)C. The Labute approximate surface area is 93.5 Å². The van der Waals surface area contributed by atoms with Gasteiger partial charge in [-0.3, -0.25) is 9.69 Å². The van der Waals surface area contributed by atoms with Gasteiger partial charge >= 0.3 is 5.97 Å². The maximum absolute atomic E-state index is 10.7. The van der Waals surface area contributed by atoms with Crippen LogP contribution in [0.15, 0.2) is 0 Å². The van der Waals surface area contributed by atoms with E-state index in [2.05, 4.69) is 27.7 Å². The zero-order valence-corrected chi connectivity index (χ0v) is 10.5. The molecule has 0 spiro atoms. The van der Waals surface area contributed by atoms with Crippen LogP contribution in [0.5, 0.6) is 0 Å². The molecule has 0 aliphatic heterocycles. The molecule has 1 unspecified atom stereocenters. The van der Waals surface area contributed by atoms with Crippen LogP contribution in [0.3, 0.4) is 0 Å². The molecule has 0 aliphatic rings. The summed E-state index contributed by atoms with van der Waals surface area (Å²) in [5.74, 6) is 0.394. The molecule has 0 bridgehead atoms. The third-order valence-electron chi connectivity index (χ3n) is 2.33. The molecule has 0 fully saturated rings. The lowest BCUT2D eigenvalue weighted by Gasteiger charge is -2.25. The summed E-state index contributed by atoms with van der Waals surface area (Å²) in [6, 6.07) is 0. The number of carbonyl (C=O) groups is 1. The molecule has 0 aromatic rings. The summed E-state index contributed by atoms with van der Waals surface area (Å²) in [7, 11) is 0. The van der Waals surface area contributed by atoms with Gasteiger partial charge in [0.15, 0.2) is 0 Å². The van der Waals surface area contributed by atoms with Gasteiger partial charge in [0.25, 0.3) is 0 Å². The zero-order chi connectivity index (χ0) is 11.8. The molecule has 15 heavy (non-hydrogen) atoms. The van der Waals surface area contributed by atoms with Crippen LogP contribution in [0.4, 0.5) is 0 Å². The van der Waals surface area contributed by atoms with E-state index < -0.39 is 5.97 Å². The van der Waals surface area contributed by atoms with E-state index in [0.717, 1.165) is 13.1 Å². The van der Waals surface area contributed by atoms with Gasteiger partial charge in [0.1, 0.15) is 0 Å². The van der Waals surface area contributed by atoms with Crippen LogP contribution in [0.2, 0.25) is 0 Å². The molecule has 3 heteroatoms. The monoisotopic (exact) mass is 215 g/mol. The molecule has 0 amide bonds. The van der Waals surface area contributed by atoms with Crippen molar-refractivity contribution in [2.45, 2.75) is 40.5 Å². The fraction of sp³-hybridized carbons (Fsp3) is 0.917. The van der Waals surface area contributed by atoms with Gasteiger partial charge in [-0.05, 0) is 18.3 Å². The Balaban J connectivity index is 4.04. The Bertz CT molecular complexity index is 180. The van der Waals surface area contributed by atoms with Gasteiger partial charge in [-0.2, -0.15) is 0 Å². The summed E-state index contributed by atoms with van der Waals surface area (Å²) in [6.07, 6.45) is 2.35. The lowest BCUT2D eigenvalue weighted by atomic mass is 10.0. The standard InChI is InChI=1S/C12H25NO2/c1-5-6-11(4)8-13(7-10(2)3)9-12(14)15/h10-11H,5-9H2,1-4H3,(H,14,15). The molecule has 0 aromatic heterocycles. The Morgan fingerprint density at radius 2 is 1.87 bits per heavy atom. The van der Waals surface area contributed by atoms with E-state index >= 15 is 0 Å². The first kappa shape index (κ1) is 14.4. The maximum Gasteiger partial charge on any atom is 0.317 e. The van der Waals surface area contributed by atoms with Crippen molar-refractivity contribution in [3.63, 3.8) is 0 Å². The van der Waals surface area contributed by atoms with Gasteiger partial charge in [-0.15, -0.1) is 0 Å². The van der Waals surface area contributed by atoms with E-state index in [-0.39, 0.29) is 6.54 Å². The molecule has 0 saturated carbocycles. The molecule has 0 saturated heterocycles. The first-order valence-corrected chi connectivity index (χ1v) is 5.89. The Morgan fingerprint density at radius 3 is 2.27 bits per heavy atom. The minimum absolute atomic E-state index is 0.173. The third-order valence-corrected chi connectivity index (χ3v) is 2.33. The van der Waals surface area contributed by atoms with Crippen LogP contribution in [-0.4, -0.2) is 35.6 Å². The summed E-state index contributed by atoms with van der Waals surface area (Å²) in [6.45, 7) is 10.6. The zero-order valence-electron chi connectivity index (χ0n) is 10.5. The van der Waals surface area contributed by atoms with Gasteiger partial charge in [-0.25, -0.2) is 0 Å². The van der Waals surface area contributed by atoms with Gasteiger partial charge in [0.05, 0.1) is 6.54 Å². The number of carboxylic acid groups (broad SMARTS) is 1. The normalized spacial score (nSPS) is 13.5. The maximum atomic E-state index is 10.7. The molecule has 0 aliphatic carbocycles. The molecular formula is C12H25NO2. The topological polar surface area (TPSA) is 40.5 Å². The predicted octanol–water partition coefficient (Wildman–Crippen LogP) is 2.47. The minimum Gasteiger partial charge on any atom is -0.480 e. The van der Waals surface area contributed by atoms with Crippen molar-refractivity contribution in [1.29, 1.82) is 0 Å². The van der Waals surface area contributed by atoms with Crippen molar-refractivity contribution in [3.05, 3.63) is 0 Å². The van der Waals surface area contributed by atoms with Gasteiger partial charge in [0, 0.05) is 13.1 Å². The summed E-state index contributed by atoms with van der Waals surface area (Å²) >= 11 is 0. The average molecular weight is 215 g/mol. The summed E-state index contributed by atoms with van der Waals surface area (Å²) in [4.78, 5) is 12.7. The van der Waals surface area contributed by atoms with E-state index in [1.165, 1.54) is 12.8 Å². The van der Waals surface area contributed by atoms with E-state index in [1.807, 2.05) is 4.90 Å². The highest BCUT2D eigenvalue weighted by molar-refractivity contribution is 5.69. The largest absolute Gasteiger partial charge is 0.480 e. The third kappa shape index (κ3) is 8.43. The Kier molecular flexibility index (Phi) is 7.39. The number of hydrogen-bond donors (Lipinski definition) is 1. The van der Waals surface area contributed by atoms with Crippen LogP contribution < -0.4 is 0 Å². The van der Waals surface area contributed by atoms with Crippen molar-refractivity contribution in [2.75, 3.05) is 19.6 Å². The van der Waals surface area contributed by atoms with Crippen molar-refractivity contribution < 1.29 is 9.90 Å². The molecule has 0 aromatic carbocycles.